The van der Waals surface area contributed by atoms with Crippen LogP contribution in [0.3, 0.4) is 0 Å². The number of rotatable bonds is 5. The first-order chi connectivity index (χ1) is 14.8. The van der Waals surface area contributed by atoms with Gasteiger partial charge in [-0.25, -0.2) is 4.90 Å². The van der Waals surface area contributed by atoms with Gasteiger partial charge in [0, 0.05) is 5.56 Å². The van der Waals surface area contributed by atoms with Crippen LogP contribution in [0.2, 0.25) is 0 Å². The van der Waals surface area contributed by atoms with Crippen molar-refractivity contribution in [3.8, 4) is 23.0 Å². The Labute approximate surface area is 177 Å². The largest absolute Gasteiger partial charge is 0.457 e. The zero-order valence-corrected chi connectivity index (χ0v) is 16.7. The number of benzene rings is 3. The Morgan fingerprint density at radius 2 is 1.63 bits per heavy atom. The summed E-state index contributed by atoms with van der Waals surface area (Å²) in [7, 11) is 0. The molecule has 0 bridgehead atoms. The maximum Gasteiger partial charge on any atom is 0.326 e. The van der Waals surface area contributed by atoms with E-state index in [1.165, 1.54) is 11.8 Å². The number of carbonyl (C=O) groups excluding carboxylic acids is 1. The van der Waals surface area contributed by atoms with Crippen LogP contribution >= 0.6 is 11.8 Å². The Kier molecular flexibility index (Phi) is 4.94. The zero-order valence-electron chi connectivity index (χ0n) is 15.8. The quantitative estimate of drug-likeness (QED) is 0.440. The molecule has 5 rings (SSSR count). The lowest BCUT2D eigenvalue weighted by molar-refractivity contribution is -0.116. The Hall–Kier alpha value is -3.58. The zero-order chi connectivity index (χ0) is 20.3. The molecular formula is C23H17N3O3S. The maximum absolute atomic E-state index is 12.6. The van der Waals surface area contributed by atoms with E-state index in [4.69, 9.17) is 9.15 Å². The van der Waals surface area contributed by atoms with Crippen molar-refractivity contribution in [2.45, 2.75) is 5.37 Å². The molecule has 148 valence electrons. The van der Waals surface area contributed by atoms with E-state index in [1.807, 2.05) is 84.9 Å². The summed E-state index contributed by atoms with van der Waals surface area (Å²) in [6, 6.07) is 27.0. The fourth-order valence-electron chi connectivity index (χ4n) is 3.24. The molecule has 1 amide bonds. The molecule has 0 N–H and O–H groups in total. The third kappa shape index (κ3) is 3.67. The van der Waals surface area contributed by atoms with Gasteiger partial charge in [-0.05, 0) is 42.0 Å². The molecule has 0 aliphatic carbocycles. The van der Waals surface area contributed by atoms with Crippen molar-refractivity contribution in [2.75, 3.05) is 10.7 Å². The summed E-state index contributed by atoms with van der Waals surface area (Å²) in [5.41, 5.74) is 1.74. The highest BCUT2D eigenvalue weighted by Gasteiger charge is 2.37. The monoisotopic (exact) mass is 415 g/mol. The lowest BCUT2D eigenvalue weighted by Gasteiger charge is -2.20. The van der Waals surface area contributed by atoms with E-state index in [0.717, 1.165) is 16.9 Å². The second-order valence-corrected chi connectivity index (χ2v) is 7.74. The van der Waals surface area contributed by atoms with Crippen LogP contribution in [-0.4, -0.2) is 21.9 Å². The molecule has 0 radical (unpaired) electrons. The summed E-state index contributed by atoms with van der Waals surface area (Å²) in [5, 5.41) is 7.99. The minimum atomic E-state index is -0.263. The molecule has 4 aromatic rings. The fourth-order valence-corrected chi connectivity index (χ4v) is 4.38. The number of hydrogen-bond donors (Lipinski definition) is 0. The van der Waals surface area contributed by atoms with Crippen LogP contribution in [0.15, 0.2) is 89.3 Å². The first-order valence-corrected chi connectivity index (χ1v) is 10.5. The number of hydrogen-bond acceptors (Lipinski definition) is 6. The van der Waals surface area contributed by atoms with Crippen molar-refractivity contribution in [1.82, 2.24) is 10.2 Å². The Balaban J connectivity index is 1.43. The van der Waals surface area contributed by atoms with Gasteiger partial charge in [0.15, 0.2) is 0 Å². The number of para-hydroxylation sites is 1. The van der Waals surface area contributed by atoms with Gasteiger partial charge in [-0.2, -0.15) is 0 Å². The highest BCUT2D eigenvalue weighted by Crippen LogP contribution is 2.42. The smallest absolute Gasteiger partial charge is 0.326 e. The molecule has 1 fully saturated rings. The van der Waals surface area contributed by atoms with Crippen molar-refractivity contribution >= 4 is 23.7 Å². The lowest BCUT2D eigenvalue weighted by Crippen LogP contribution is -2.28. The lowest BCUT2D eigenvalue weighted by atomic mass is 10.2. The normalized spacial score (nSPS) is 16.1. The van der Waals surface area contributed by atoms with E-state index >= 15 is 0 Å². The van der Waals surface area contributed by atoms with Crippen LogP contribution in [0.5, 0.6) is 11.5 Å². The summed E-state index contributed by atoms with van der Waals surface area (Å²) in [6.07, 6.45) is 0. The molecule has 7 heteroatoms. The number of anilines is 1. The van der Waals surface area contributed by atoms with E-state index in [0.29, 0.717) is 17.4 Å². The van der Waals surface area contributed by atoms with Gasteiger partial charge in [-0.15, -0.1) is 16.9 Å². The van der Waals surface area contributed by atoms with Crippen molar-refractivity contribution in [1.29, 1.82) is 0 Å². The molecule has 30 heavy (non-hydrogen) atoms. The van der Waals surface area contributed by atoms with E-state index in [2.05, 4.69) is 10.2 Å². The van der Waals surface area contributed by atoms with Gasteiger partial charge in [-0.1, -0.05) is 53.6 Å². The van der Waals surface area contributed by atoms with Gasteiger partial charge in [0.1, 0.15) is 16.9 Å². The van der Waals surface area contributed by atoms with Crippen molar-refractivity contribution in [2.24, 2.45) is 0 Å². The predicted molar refractivity (Wildman–Crippen MR) is 115 cm³/mol. The summed E-state index contributed by atoms with van der Waals surface area (Å²) < 4.78 is 11.8. The molecular weight excluding hydrogens is 398 g/mol. The van der Waals surface area contributed by atoms with Gasteiger partial charge in [0.05, 0.1) is 5.75 Å². The molecule has 1 aliphatic rings. The molecule has 1 aliphatic heterocycles. The van der Waals surface area contributed by atoms with E-state index in [9.17, 15) is 4.79 Å². The van der Waals surface area contributed by atoms with Crippen LogP contribution in [0.1, 0.15) is 10.9 Å². The second-order valence-electron chi connectivity index (χ2n) is 6.67. The average Bonchev–Trinajstić information content (AvgIpc) is 3.42. The van der Waals surface area contributed by atoms with E-state index in [-0.39, 0.29) is 17.3 Å². The topological polar surface area (TPSA) is 68.5 Å². The molecule has 1 atom stereocenters. The number of ether oxygens (including phenoxy) is 1. The molecule has 3 aromatic carbocycles. The first kappa shape index (κ1) is 18.4. The molecule has 1 unspecified atom stereocenters. The van der Waals surface area contributed by atoms with Gasteiger partial charge in [0.2, 0.25) is 11.8 Å². The van der Waals surface area contributed by atoms with Crippen LogP contribution in [-0.2, 0) is 4.79 Å². The summed E-state index contributed by atoms with van der Waals surface area (Å²) in [5.74, 6) is 2.12. The number of nitrogens with zero attached hydrogens (tertiary/aromatic N) is 3. The SMILES string of the molecule is O=C1CSC(c2cccc(Oc3ccccc3)c2)N1c1nnc(-c2ccccc2)o1. The van der Waals surface area contributed by atoms with Crippen LogP contribution in [0.25, 0.3) is 11.5 Å². The van der Waals surface area contributed by atoms with Crippen LogP contribution in [0, 0.1) is 0 Å². The predicted octanol–water partition coefficient (Wildman–Crippen LogP) is 5.31. The molecule has 2 heterocycles. The van der Waals surface area contributed by atoms with Gasteiger partial charge in [0.25, 0.3) is 0 Å². The average molecular weight is 415 g/mol. The van der Waals surface area contributed by atoms with Gasteiger partial charge < -0.3 is 9.15 Å². The minimum absolute atomic E-state index is 0.0670. The number of amides is 1. The molecule has 6 nitrogen and oxygen atoms in total. The number of thioether (sulfide) groups is 1. The van der Waals surface area contributed by atoms with Crippen molar-refractivity contribution in [3.05, 3.63) is 90.5 Å². The van der Waals surface area contributed by atoms with Crippen LogP contribution in [0.4, 0.5) is 6.01 Å². The minimum Gasteiger partial charge on any atom is -0.457 e. The van der Waals surface area contributed by atoms with Crippen molar-refractivity contribution in [3.63, 3.8) is 0 Å². The molecule has 0 spiro atoms. The van der Waals surface area contributed by atoms with Gasteiger partial charge in [-0.3, -0.25) is 4.79 Å². The summed E-state index contributed by atoms with van der Waals surface area (Å²) >= 11 is 1.52. The fraction of sp³-hybridized carbons (Fsp3) is 0.0870. The first-order valence-electron chi connectivity index (χ1n) is 9.43. The second kappa shape index (κ2) is 8.04. The number of aromatic nitrogens is 2. The Morgan fingerprint density at radius 1 is 0.900 bits per heavy atom. The molecule has 1 saturated heterocycles. The maximum atomic E-state index is 12.6. The highest BCUT2D eigenvalue weighted by molar-refractivity contribution is 8.00. The third-order valence-corrected chi connectivity index (χ3v) is 5.84. The third-order valence-electron chi connectivity index (χ3n) is 4.63. The summed E-state index contributed by atoms with van der Waals surface area (Å²) in [6.45, 7) is 0. The highest BCUT2D eigenvalue weighted by atomic mass is 32.2. The van der Waals surface area contributed by atoms with Crippen molar-refractivity contribution < 1.29 is 13.9 Å². The summed E-state index contributed by atoms with van der Waals surface area (Å²) in [4.78, 5) is 14.2. The van der Waals surface area contributed by atoms with Gasteiger partial charge >= 0.3 is 6.01 Å². The number of carbonyl (C=O) groups is 1. The molecule has 1 aromatic heterocycles. The van der Waals surface area contributed by atoms with E-state index < -0.39 is 0 Å². The van der Waals surface area contributed by atoms with Crippen LogP contribution < -0.4 is 9.64 Å². The Morgan fingerprint density at radius 3 is 2.43 bits per heavy atom. The standard InChI is InChI=1S/C23H17N3O3S/c27-20-15-30-22(17-10-7-13-19(14-17)28-18-11-5-2-6-12-18)26(20)23-25-24-21(29-23)16-8-3-1-4-9-16/h1-14,22H,15H2. The Bertz CT molecular complexity index is 1160. The molecule has 0 saturated carbocycles. The van der Waals surface area contributed by atoms with E-state index in [1.54, 1.807) is 4.90 Å².